The number of aromatic nitrogens is 4. The minimum absolute atomic E-state index is 0.477. The molecule has 3 rings (SSSR count). The maximum Gasteiger partial charge on any atom is 0.294 e. The molecule has 0 spiro atoms. The SMILES string of the molecule is C=CCCC[n+]1cnc(N)c2[nH]c(Sc3ccc(C)cc3C)nc21. The first-order valence-corrected chi connectivity index (χ1v) is 8.80. The van der Waals surface area contributed by atoms with Crippen molar-refractivity contribution in [2.24, 2.45) is 0 Å². The quantitative estimate of drug-likeness (QED) is 0.409. The highest BCUT2D eigenvalue weighted by atomic mass is 32.2. The number of H-pyrrole nitrogens is 1. The lowest BCUT2D eigenvalue weighted by molar-refractivity contribution is -0.676. The number of fused-ring (bicyclic) bond motifs is 1. The van der Waals surface area contributed by atoms with Gasteiger partial charge in [0, 0.05) is 4.90 Å². The van der Waals surface area contributed by atoms with Crippen molar-refractivity contribution in [1.29, 1.82) is 0 Å². The summed E-state index contributed by atoms with van der Waals surface area (Å²) in [6.07, 6.45) is 5.65. The summed E-state index contributed by atoms with van der Waals surface area (Å²) in [7, 11) is 0. The van der Waals surface area contributed by atoms with E-state index in [0.29, 0.717) is 5.82 Å². The van der Waals surface area contributed by atoms with Crippen LogP contribution in [-0.2, 0) is 6.54 Å². The normalized spacial score (nSPS) is 11.1. The van der Waals surface area contributed by atoms with E-state index in [1.165, 1.54) is 16.0 Å². The average molecular weight is 340 g/mol. The van der Waals surface area contributed by atoms with Gasteiger partial charge in [0.25, 0.3) is 5.65 Å². The zero-order valence-corrected chi connectivity index (χ0v) is 14.9. The predicted molar refractivity (Wildman–Crippen MR) is 98.0 cm³/mol. The van der Waals surface area contributed by atoms with Crippen LogP contribution in [0.4, 0.5) is 5.82 Å². The highest BCUT2D eigenvalue weighted by Crippen LogP contribution is 2.30. The van der Waals surface area contributed by atoms with E-state index in [9.17, 15) is 0 Å². The number of benzene rings is 1. The van der Waals surface area contributed by atoms with Gasteiger partial charge < -0.3 is 10.7 Å². The molecule has 0 atom stereocenters. The van der Waals surface area contributed by atoms with Crippen LogP contribution in [0.1, 0.15) is 24.0 Å². The molecule has 3 N–H and O–H groups in total. The zero-order valence-electron chi connectivity index (χ0n) is 14.0. The molecule has 2 aromatic heterocycles. The van der Waals surface area contributed by atoms with Crippen LogP contribution in [0.15, 0.2) is 47.2 Å². The van der Waals surface area contributed by atoms with Crippen LogP contribution in [0.5, 0.6) is 0 Å². The Labute approximate surface area is 146 Å². The highest BCUT2D eigenvalue weighted by molar-refractivity contribution is 7.99. The minimum Gasteiger partial charge on any atom is -0.368 e. The Morgan fingerprint density at radius 3 is 2.96 bits per heavy atom. The molecule has 124 valence electrons. The van der Waals surface area contributed by atoms with E-state index in [1.807, 2.05) is 10.6 Å². The summed E-state index contributed by atoms with van der Waals surface area (Å²) in [5.74, 6) is 0.477. The monoisotopic (exact) mass is 340 g/mol. The van der Waals surface area contributed by atoms with E-state index >= 15 is 0 Å². The van der Waals surface area contributed by atoms with Crippen molar-refractivity contribution in [3.05, 3.63) is 48.3 Å². The Morgan fingerprint density at radius 1 is 1.38 bits per heavy atom. The van der Waals surface area contributed by atoms with E-state index in [-0.39, 0.29) is 0 Å². The van der Waals surface area contributed by atoms with Gasteiger partial charge in [-0.2, -0.15) is 0 Å². The smallest absolute Gasteiger partial charge is 0.294 e. The van der Waals surface area contributed by atoms with E-state index in [4.69, 9.17) is 10.7 Å². The summed E-state index contributed by atoms with van der Waals surface area (Å²) < 4.78 is 2.04. The molecule has 0 unspecified atom stereocenters. The summed E-state index contributed by atoms with van der Waals surface area (Å²) in [5, 5.41) is 0.828. The lowest BCUT2D eigenvalue weighted by Crippen LogP contribution is -2.35. The second kappa shape index (κ2) is 7.05. The van der Waals surface area contributed by atoms with Gasteiger partial charge in [-0.15, -0.1) is 6.58 Å². The summed E-state index contributed by atoms with van der Waals surface area (Å²) >= 11 is 1.61. The maximum atomic E-state index is 6.02. The molecule has 3 aromatic rings. The van der Waals surface area contributed by atoms with Gasteiger partial charge in [0.2, 0.25) is 17.3 Å². The largest absolute Gasteiger partial charge is 0.368 e. The van der Waals surface area contributed by atoms with Crippen LogP contribution < -0.4 is 10.3 Å². The van der Waals surface area contributed by atoms with E-state index in [2.05, 4.69) is 48.6 Å². The molecular weight excluding hydrogens is 318 g/mol. The number of nitrogens with zero attached hydrogens (tertiary/aromatic N) is 3. The molecule has 0 amide bonds. The van der Waals surface area contributed by atoms with Crippen LogP contribution >= 0.6 is 11.8 Å². The van der Waals surface area contributed by atoms with Gasteiger partial charge in [-0.25, -0.2) is 4.57 Å². The van der Waals surface area contributed by atoms with Gasteiger partial charge in [0.15, 0.2) is 5.52 Å². The number of aromatic amines is 1. The van der Waals surface area contributed by atoms with E-state index in [1.54, 1.807) is 18.1 Å². The summed E-state index contributed by atoms with van der Waals surface area (Å²) in [5.41, 5.74) is 10.2. The van der Waals surface area contributed by atoms with Crippen LogP contribution in [0, 0.1) is 13.8 Å². The number of nitrogen functional groups attached to an aromatic ring is 1. The van der Waals surface area contributed by atoms with Crippen LogP contribution in [0.3, 0.4) is 0 Å². The van der Waals surface area contributed by atoms with Crippen molar-refractivity contribution in [2.75, 3.05) is 5.73 Å². The van der Waals surface area contributed by atoms with Crippen molar-refractivity contribution in [1.82, 2.24) is 15.0 Å². The molecule has 1 aromatic carbocycles. The molecule has 0 aliphatic heterocycles. The lowest BCUT2D eigenvalue weighted by atomic mass is 10.2. The Bertz CT molecular complexity index is 884. The van der Waals surface area contributed by atoms with Gasteiger partial charge in [-0.1, -0.05) is 33.7 Å². The van der Waals surface area contributed by atoms with Gasteiger partial charge in [0.05, 0.1) is 6.54 Å². The molecule has 2 heterocycles. The summed E-state index contributed by atoms with van der Waals surface area (Å²) in [6.45, 7) is 8.82. The fraction of sp³-hybridized carbons (Fsp3) is 0.278. The Kier molecular flexibility index (Phi) is 4.85. The number of unbranched alkanes of at least 4 members (excludes halogenated alkanes) is 1. The molecule has 0 saturated heterocycles. The van der Waals surface area contributed by atoms with Crippen molar-refractivity contribution in [2.45, 2.75) is 43.3 Å². The van der Waals surface area contributed by atoms with Crippen LogP contribution in [-0.4, -0.2) is 15.0 Å². The standard InChI is InChI=1S/C18H21N5S/c1-4-5-6-9-23-11-20-16(19)15-17(23)22-18(21-15)24-14-8-7-12(2)10-13(14)3/h4,7-8,10-11H,1,5-6,9H2,2-3H3,(H2,19,21,22)/p+1. The first-order chi connectivity index (χ1) is 11.6. The number of nitrogens with one attached hydrogen (secondary N) is 1. The number of imidazole rings is 1. The van der Waals surface area contributed by atoms with Gasteiger partial charge in [-0.05, 0) is 50.1 Å². The highest BCUT2D eigenvalue weighted by Gasteiger charge is 2.19. The molecule has 24 heavy (non-hydrogen) atoms. The zero-order chi connectivity index (χ0) is 17.1. The average Bonchev–Trinajstić information content (AvgIpc) is 2.97. The number of rotatable bonds is 6. The summed E-state index contributed by atoms with van der Waals surface area (Å²) in [6, 6.07) is 6.42. The number of anilines is 1. The number of aryl methyl sites for hydroxylation is 3. The molecule has 0 aliphatic carbocycles. The molecule has 5 nitrogen and oxygen atoms in total. The molecule has 6 heteroatoms. The third-order valence-electron chi connectivity index (χ3n) is 3.87. The second-order valence-corrected chi connectivity index (χ2v) is 6.90. The summed E-state index contributed by atoms with van der Waals surface area (Å²) in [4.78, 5) is 13.5. The first-order valence-electron chi connectivity index (χ1n) is 7.98. The Morgan fingerprint density at radius 2 is 2.21 bits per heavy atom. The van der Waals surface area contributed by atoms with Crippen LogP contribution in [0.25, 0.3) is 11.2 Å². The number of nitrogens with two attached hydrogens (primary N) is 1. The molecule has 0 aliphatic rings. The molecule has 0 radical (unpaired) electrons. The minimum atomic E-state index is 0.477. The van der Waals surface area contributed by atoms with Gasteiger partial charge in [-0.3, -0.25) is 0 Å². The maximum absolute atomic E-state index is 6.02. The second-order valence-electron chi connectivity index (χ2n) is 5.87. The predicted octanol–water partition coefficient (Wildman–Crippen LogP) is 3.56. The van der Waals surface area contributed by atoms with Gasteiger partial charge in [0.1, 0.15) is 0 Å². The third-order valence-corrected chi connectivity index (χ3v) is 4.94. The molecule has 0 fully saturated rings. The topological polar surface area (TPSA) is 71.5 Å². The molecule has 0 bridgehead atoms. The van der Waals surface area contributed by atoms with Gasteiger partial charge >= 0.3 is 0 Å². The molecular formula is C18H22N5S+. The van der Waals surface area contributed by atoms with E-state index in [0.717, 1.165) is 35.7 Å². The van der Waals surface area contributed by atoms with Crippen LogP contribution in [0.2, 0.25) is 0 Å². The van der Waals surface area contributed by atoms with Crippen molar-refractivity contribution < 1.29 is 4.57 Å². The Balaban J connectivity index is 1.93. The van der Waals surface area contributed by atoms with Crippen molar-refractivity contribution in [3.63, 3.8) is 0 Å². The number of allylic oxidation sites excluding steroid dienone is 1. The number of hydrogen-bond acceptors (Lipinski definition) is 4. The first kappa shape index (κ1) is 16.5. The van der Waals surface area contributed by atoms with Crippen molar-refractivity contribution in [3.8, 4) is 0 Å². The lowest BCUT2D eigenvalue weighted by Gasteiger charge is -2.02. The van der Waals surface area contributed by atoms with Crippen molar-refractivity contribution >= 4 is 28.7 Å². The fourth-order valence-corrected chi connectivity index (χ4v) is 3.47. The fourth-order valence-electron chi connectivity index (χ4n) is 2.62. The Hall–Kier alpha value is -2.34. The third kappa shape index (κ3) is 3.43. The number of hydrogen-bond donors (Lipinski definition) is 2. The van der Waals surface area contributed by atoms with E-state index < -0.39 is 0 Å². The molecule has 0 saturated carbocycles.